The van der Waals surface area contributed by atoms with Crippen molar-refractivity contribution in [1.29, 1.82) is 0 Å². The molecule has 0 aromatic carbocycles. The molecule has 3 heteroatoms. The van der Waals surface area contributed by atoms with Crippen molar-refractivity contribution in [2.24, 2.45) is 11.1 Å². The van der Waals surface area contributed by atoms with Gasteiger partial charge in [0.15, 0.2) is 0 Å². The minimum absolute atomic E-state index is 0.376. The Morgan fingerprint density at radius 2 is 2.29 bits per heavy atom. The van der Waals surface area contributed by atoms with Crippen LogP contribution in [0.1, 0.15) is 20.3 Å². The van der Waals surface area contributed by atoms with Gasteiger partial charge in [0.25, 0.3) is 0 Å². The summed E-state index contributed by atoms with van der Waals surface area (Å²) in [6.45, 7) is 10.2. The van der Waals surface area contributed by atoms with Crippen molar-refractivity contribution in [3.05, 3.63) is 12.7 Å². The van der Waals surface area contributed by atoms with Crippen molar-refractivity contribution in [2.75, 3.05) is 20.1 Å². The fourth-order valence-corrected chi connectivity index (χ4v) is 2.32. The molecule has 1 saturated heterocycles. The maximum Gasteiger partial charge on any atom is 0.0971 e. The van der Waals surface area contributed by atoms with Gasteiger partial charge in [-0.05, 0) is 13.0 Å². The van der Waals surface area contributed by atoms with Gasteiger partial charge in [-0.3, -0.25) is 0 Å². The van der Waals surface area contributed by atoms with E-state index in [0.29, 0.717) is 12.0 Å². The van der Waals surface area contributed by atoms with E-state index in [1.165, 1.54) is 0 Å². The molecule has 0 spiro atoms. The third-order valence-electron chi connectivity index (χ3n) is 3.50. The summed E-state index contributed by atoms with van der Waals surface area (Å²) in [5, 5.41) is 12.2. The van der Waals surface area contributed by atoms with E-state index in [2.05, 4.69) is 32.6 Å². The fourth-order valence-electron chi connectivity index (χ4n) is 2.32. The topological polar surface area (TPSA) is 32.6 Å². The van der Waals surface area contributed by atoms with Crippen molar-refractivity contribution < 1.29 is 9.69 Å². The summed E-state index contributed by atoms with van der Waals surface area (Å²) in [6, 6.07) is 0.509. The SMILES string of the molecule is C=CC[N@+]1(C)C[C@H](C)/C(=N/O)C[C@@H]1C. The smallest absolute Gasteiger partial charge is 0.0971 e. The molecule has 1 aliphatic heterocycles. The van der Waals surface area contributed by atoms with Crippen molar-refractivity contribution in [2.45, 2.75) is 26.3 Å². The Balaban J connectivity index is 2.80. The number of rotatable bonds is 2. The number of oxime groups is 1. The number of likely N-dealkylation sites (tertiary alicyclic amines) is 1. The highest BCUT2D eigenvalue weighted by Gasteiger charge is 2.38. The summed E-state index contributed by atoms with van der Waals surface area (Å²) in [4.78, 5) is 0. The third-order valence-corrected chi connectivity index (χ3v) is 3.50. The Hall–Kier alpha value is -0.830. The molecule has 0 bridgehead atoms. The zero-order chi connectivity index (χ0) is 10.8. The molecule has 0 aromatic heterocycles. The Bertz CT molecular complexity index is 250. The van der Waals surface area contributed by atoms with Crippen LogP contribution in [0.2, 0.25) is 0 Å². The molecule has 1 N–H and O–H groups in total. The Morgan fingerprint density at radius 3 is 2.79 bits per heavy atom. The minimum Gasteiger partial charge on any atom is -0.411 e. The molecular formula is C11H21N2O+. The molecule has 1 rings (SSSR count). The molecule has 0 aromatic rings. The van der Waals surface area contributed by atoms with Crippen LogP contribution in [0.3, 0.4) is 0 Å². The monoisotopic (exact) mass is 197 g/mol. The summed E-state index contributed by atoms with van der Waals surface area (Å²) in [5.74, 6) is 0.376. The molecule has 1 heterocycles. The second-order valence-electron chi connectivity index (χ2n) is 4.68. The van der Waals surface area contributed by atoms with Gasteiger partial charge < -0.3 is 9.69 Å². The average molecular weight is 197 g/mol. The van der Waals surface area contributed by atoms with E-state index in [9.17, 15) is 0 Å². The third kappa shape index (κ3) is 1.98. The Morgan fingerprint density at radius 1 is 1.64 bits per heavy atom. The van der Waals surface area contributed by atoms with E-state index in [1.54, 1.807) is 0 Å². The number of hydrogen-bond acceptors (Lipinski definition) is 2. The van der Waals surface area contributed by atoms with Gasteiger partial charge in [0.05, 0.1) is 31.9 Å². The lowest BCUT2D eigenvalue weighted by Gasteiger charge is -2.45. The van der Waals surface area contributed by atoms with Crippen LogP contribution in [0, 0.1) is 5.92 Å². The fraction of sp³-hybridized carbons (Fsp3) is 0.727. The predicted octanol–water partition coefficient (Wildman–Crippen LogP) is 1.88. The van der Waals surface area contributed by atoms with Crippen LogP contribution in [0.15, 0.2) is 17.8 Å². The van der Waals surface area contributed by atoms with Crippen LogP contribution in [-0.2, 0) is 0 Å². The minimum atomic E-state index is 0.376. The van der Waals surface area contributed by atoms with Gasteiger partial charge in [-0.15, -0.1) is 0 Å². The molecular weight excluding hydrogens is 176 g/mol. The van der Waals surface area contributed by atoms with E-state index in [4.69, 9.17) is 5.21 Å². The first-order valence-electron chi connectivity index (χ1n) is 5.19. The molecule has 0 radical (unpaired) electrons. The van der Waals surface area contributed by atoms with E-state index >= 15 is 0 Å². The van der Waals surface area contributed by atoms with Crippen molar-refractivity contribution in [3.8, 4) is 0 Å². The van der Waals surface area contributed by atoms with Gasteiger partial charge in [0, 0.05) is 12.3 Å². The van der Waals surface area contributed by atoms with Crippen molar-refractivity contribution >= 4 is 5.71 Å². The molecule has 3 nitrogen and oxygen atoms in total. The number of nitrogens with zero attached hydrogens (tertiary/aromatic N) is 2. The summed E-state index contributed by atoms with van der Waals surface area (Å²) in [7, 11) is 2.25. The first-order chi connectivity index (χ1) is 6.53. The van der Waals surface area contributed by atoms with Crippen LogP contribution in [0.4, 0.5) is 0 Å². The zero-order valence-corrected chi connectivity index (χ0v) is 9.40. The van der Waals surface area contributed by atoms with E-state index < -0.39 is 0 Å². The van der Waals surface area contributed by atoms with Gasteiger partial charge in [-0.1, -0.05) is 18.7 Å². The van der Waals surface area contributed by atoms with Gasteiger partial charge in [-0.2, -0.15) is 0 Å². The highest BCUT2D eigenvalue weighted by molar-refractivity contribution is 5.86. The van der Waals surface area contributed by atoms with Crippen LogP contribution < -0.4 is 0 Å². The lowest BCUT2D eigenvalue weighted by atomic mass is 9.90. The molecule has 3 atom stereocenters. The molecule has 14 heavy (non-hydrogen) atoms. The molecule has 1 fully saturated rings. The van der Waals surface area contributed by atoms with E-state index in [-0.39, 0.29) is 0 Å². The summed E-state index contributed by atoms with van der Waals surface area (Å²) in [5.41, 5.74) is 0.942. The normalized spacial score (nSPS) is 41.2. The number of quaternary nitrogens is 1. The first kappa shape index (κ1) is 11.2. The summed E-state index contributed by atoms with van der Waals surface area (Å²) >= 11 is 0. The van der Waals surface area contributed by atoms with Gasteiger partial charge in [0.2, 0.25) is 0 Å². The molecule has 0 amide bonds. The van der Waals surface area contributed by atoms with Gasteiger partial charge >= 0.3 is 0 Å². The van der Waals surface area contributed by atoms with Crippen LogP contribution in [0.25, 0.3) is 0 Å². The predicted molar refractivity (Wildman–Crippen MR) is 58.6 cm³/mol. The summed E-state index contributed by atoms with van der Waals surface area (Å²) < 4.78 is 1.00. The van der Waals surface area contributed by atoms with Crippen LogP contribution >= 0.6 is 0 Å². The maximum absolute atomic E-state index is 8.84. The largest absolute Gasteiger partial charge is 0.411 e. The Labute approximate surface area is 86.3 Å². The molecule has 1 aliphatic rings. The first-order valence-corrected chi connectivity index (χ1v) is 5.19. The second kappa shape index (κ2) is 4.13. The Kier molecular flexibility index (Phi) is 3.32. The van der Waals surface area contributed by atoms with E-state index in [1.807, 2.05) is 6.08 Å². The molecule has 0 saturated carbocycles. The number of hydrogen-bond donors (Lipinski definition) is 1. The maximum atomic E-state index is 8.84. The second-order valence-corrected chi connectivity index (χ2v) is 4.68. The lowest BCUT2D eigenvalue weighted by molar-refractivity contribution is -0.930. The zero-order valence-electron chi connectivity index (χ0n) is 9.40. The van der Waals surface area contributed by atoms with Gasteiger partial charge in [0.1, 0.15) is 0 Å². The standard InChI is InChI=1S/C11H20N2O/c1-5-6-13(4)8-9(2)11(12-14)7-10(13)3/h5,9-10H,1,6-8H2,2-4H3/p+1/b12-11+/t9-,10-,13+/m0/s1. The number of piperidine rings is 1. The lowest BCUT2D eigenvalue weighted by Crippen LogP contribution is -2.58. The molecule has 0 aliphatic carbocycles. The van der Waals surface area contributed by atoms with Crippen molar-refractivity contribution in [3.63, 3.8) is 0 Å². The molecule has 0 unspecified atom stereocenters. The van der Waals surface area contributed by atoms with E-state index in [0.717, 1.165) is 29.7 Å². The molecule has 80 valence electrons. The van der Waals surface area contributed by atoms with Gasteiger partial charge in [-0.25, -0.2) is 0 Å². The quantitative estimate of drug-likeness (QED) is 0.312. The van der Waals surface area contributed by atoms with Crippen molar-refractivity contribution in [1.82, 2.24) is 0 Å². The van der Waals surface area contributed by atoms with Crippen LogP contribution in [-0.4, -0.2) is 41.6 Å². The average Bonchev–Trinajstić information content (AvgIpc) is 2.11. The summed E-state index contributed by atoms with van der Waals surface area (Å²) in [6.07, 6.45) is 2.87. The van der Waals surface area contributed by atoms with Crippen LogP contribution in [0.5, 0.6) is 0 Å². The number of likely N-dealkylation sites (N-methyl/N-ethyl adjacent to an activating group) is 1. The highest BCUT2D eigenvalue weighted by Crippen LogP contribution is 2.25. The highest BCUT2D eigenvalue weighted by atomic mass is 16.4.